The molecule has 0 aromatic heterocycles. The number of nitrogens with zero attached hydrogens (tertiary/aromatic N) is 1. The highest BCUT2D eigenvalue weighted by molar-refractivity contribution is 6.33. The SMILES string of the molecule is CCCCc1c2c(c(CCCC)c3cc4c(C)c5cc6c(CCCC)c7c(c(CCCC)c6cc5c(C)c4cc13)C(=O)N(C)C7=O)C(=O)C(N)C2=O. The zero-order chi connectivity index (χ0) is 37.2. The van der Waals surface area contributed by atoms with Crippen molar-refractivity contribution in [2.45, 2.75) is 125 Å². The second kappa shape index (κ2) is 13.9. The van der Waals surface area contributed by atoms with Gasteiger partial charge in [0.25, 0.3) is 11.8 Å². The smallest absolute Gasteiger partial charge is 0.261 e. The van der Waals surface area contributed by atoms with Gasteiger partial charge < -0.3 is 5.73 Å². The van der Waals surface area contributed by atoms with Crippen molar-refractivity contribution in [2.75, 3.05) is 7.05 Å². The average molecular weight is 697 g/mol. The van der Waals surface area contributed by atoms with Crippen LogP contribution in [0.25, 0.3) is 43.1 Å². The van der Waals surface area contributed by atoms with Crippen LogP contribution in [0, 0.1) is 13.8 Å². The van der Waals surface area contributed by atoms with Crippen LogP contribution in [0.5, 0.6) is 0 Å². The molecule has 6 heteroatoms. The molecule has 1 heterocycles. The van der Waals surface area contributed by atoms with Gasteiger partial charge in [-0.05, 0) is 166 Å². The summed E-state index contributed by atoms with van der Waals surface area (Å²) < 4.78 is 0. The topological polar surface area (TPSA) is 97.5 Å². The Balaban J connectivity index is 1.63. The van der Waals surface area contributed by atoms with Crippen LogP contribution in [0.3, 0.4) is 0 Å². The number of imide groups is 1. The first kappa shape index (κ1) is 36.0. The number of carbonyl (C=O) groups is 4. The summed E-state index contributed by atoms with van der Waals surface area (Å²) in [6.45, 7) is 13.0. The Morgan fingerprint density at radius 2 is 0.750 bits per heavy atom. The number of hydrogen-bond acceptors (Lipinski definition) is 5. The van der Waals surface area contributed by atoms with Gasteiger partial charge in [-0.15, -0.1) is 0 Å². The molecule has 0 bridgehead atoms. The molecule has 1 aliphatic carbocycles. The predicted molar refractivity (Wildman–Crippen MR) is 213 cm³/mol. The summed E-state index contributed by atoms with van der Waals surface area (Å²) >= 11 is 0. The number of rotatable bonds is 12. The van der Waals surface area contributed by atoms with Crippen LogP contribution in [0.4, 0.5) is 0 Å². The van der Waals surface area contributed by atoms with Crippen molar-refractivity contribution >= 4 is 66.5 Å². The number of unbranched alkanes of at least 4 members (excludes halogenated alkanes) is 4. The van der Waals surface area contributed by atoms with E-state index in [-0.39, 0.29) is 23.4 Å². The third-order valence-electron chi connectivity index (χ3n) is 12.2. The van der Waals surface area contributed by atoms with E-state index in [2.05, 4.69) is 65.8 Å². The van der Waals surface area contributed by atoms with Gasteiger partial charge in [-0.1, -0.05) is 53.4 Å². The van der Waals surface area contributed by atoms with Crippen LogP contribution in [0.2, 0.25) is 0 Å². The number of benzene rings is 5. The molecule has 0 saturated heterocycles. The minimum Gasteiger partial charge on any atom is -0.315 e. The highest BCUT2D eigenvalue weighted by Gasteiger charge is 2.41. The molecular weight excluding hydrogens is 645 g/mol. The standard InChI is InChI=1S/C46H52N2O4/c1-8-12-16-26-34-20-30-24(5)32-22-36-28(18-14-10-3)40-41(46(52)48(7)45(40)51)29(19-15-11-4)37(36)23-33(32)25(6)31(30)21-35(34)27(17-13-9-2)39-38(26)43(49)42(47)44(39)50/h20-23,42H,8-19,47H2,1-7H3. The van der Waals surface area contributed by atoms with Crippen molar-refractivity contribution in [3.8, 4) is 0 Å². The second-order valence-corrected chi connectivity index (χ2v) is 15.3. The van der Waals surface area contributed by atoms with E-state index in [1.165, 1.54) is 4.90 Å². The van der Waals surface area contributed by atoms with Crippen molar-refractivity contribution in [1.29, 1.82) is 0 Å². The summed E-state index contributed by atoms with van der Waals surface area (Å²) in [4.78, 5) is 56.2. The number of Topliss-reactive ketones (excluding diaryl/α,β-unsaturated/α-hetero) is 2. The number of hydrogen-bond donors (Lipinski definition) is 1. The number of fused-ring (bicyclic) bond motifs is 6. The highest BCUT2D eigenvalue weighted by atomic mass is 16.2. The summed E-state index contributed by atoms with van der Waals surface area (Å²) in [5, 5.41) is 8.79. The lowest BCUT2D eigenvalue weighted by Crippen LogP contribution is -2.32. The predicted octanol–water partition coefficient (Wildman–Crippen LogP) is 10.2. The van der Waals surface area contributed by atoms with E-state index in [1.807, 2.05) is 0 Å². The fraction of sp³-hybridized carbons (Fsp3) is 0.435. The van der Waals surface area contributed by atoms with E-state index in [9.17, 15) is 19.2 Å². The van der Waals surface area contributed by atoms with E-state index >= 15 is 0 Å². The number of nitrogens with two attached hydrogens (primary N) is 1. The van der Waals surface area contributed by atoms with Gasteiger partial charge in [-0.3, -0.25) is 24.1 Å². The maximum Gasteiger partial charge on any atom is 0.261 e. The molecule has 5 aromatic carbocycles. The molecule has 5 aromatic rings. The molecule has 0 spiro atoms. The summed E-state index contributed by atoms with van der Waals surface area (Å²) in [5.41, 5.74) is 14.8. The van der Waals surface area contributed by atoms with Crippen molar-refractivity contribution < 1.29 is 19.2 Å². The minimum atomic E-state index is -1.13. The first-order valence-corrected chi connectivity index (χ1v) is 19.7. The molecule has 2 N–H and O–H groups in total. The Bertz CT molecular complexity index is 2060. The largest absolute Gasteiger partial charge is 0.315 e. The highest BCUT2D eigenvalue weighted by Crippen LogP contribution is 2.45. The molecule has 7 rings (SSSR count). The van der Waals surface area contributed by atoms with Crippen LogP contribution in [-0.4, -0.2) is 41.4 Å². The van der Waals surface area contributed by atoms with Gasteiger partial charge in [0.2, 0.25) is 0 Å². The summed E-state index contributed by atoms with van der Waals surface area (Å²) in [7, 11) is 1.61. The van der Waals surface area contributed by atoms with Gasteiger partial charge in [0.05, 0.1) is 11.1 Å². The summed E-state index contributed by atoms with van der Waals surface area (Å²) in [6.07, 6.45) is 10.5. The maximum absolute atomic E-state index is 13.7. The molecule has 0 atom stereocenters. The second-order valence-electron chi connectivity index (χ2n) is 15.3. The normalized spacial score (nSPS) is 14.7. The molecule has 0 radical (unpaired) electrons. The summed E-state index contributed by atoms with van der Waals surface area (Å²) in [6, 6.07) is 8.02. The number of aryl methyl sites for hydroxylation is 6. The number of carbonyl (C=O) groups excluding carboxylic acids is 4. The van der Waals surface area contributed by atoms with Gasteiger partial charge in [0.15, 0.2) is 11.6 Å². The Morgan fingerprint density at radius 3 is 1.02 bits per heavy atom. The molecule has 2 amide bonds. The molecule has 0 fully saturated rings. The molecular formula is C46H52N2O4. The van der Waals surface area contributed by atoms with Crippen molar-refractivity contribution in [1.82, 2.24) is 4.90 Å². The average Bonchev–Trinajstić information content (AvgIpc) is 3.51. The fourth-order valence-electron chi connectivity index (χ4n) is 9.20. The summed E-state index contributed by atoms with van der Waals surface area (Å²) in [5.74, 6) is -0.869. The van der Waals surface area contributed by atoms with E-state index in [1.54, 1.807) is 7.05 Å². The fourth-order valence-corrected chi connectivity index (χ4v) is 9.20. The van der Waals surface area contributed by atoms with Gasteiger partial charge in [-0.25, -0.2) is 0 Å². The first-order valence-electron chi connectivity index (χ1n) is 19.7. The zero-order valence-corrected chi connectivity index (χ0v) is 32.0. The van der Waals surface area contributed by atoms with Crippen LogP contribution in [-0.2, 0) is 25.7 Å². The zero-order valence-electron chi connectivity index (χ0n) is 32.0. The van der Waals surface area contributed by atoms with Crippen molar-refractivity contribution in [3.63, 3.8) is 0 Å². The molecule has 2 aliphatic rings. The lowest BCUT2D eigenvalue weighted by Gasteiger charge is -2.21. The third kappa shape index (κ3) is 5.23. The van der Waals surface area contributed by atoms with E-state index in [4.69, 9.17) is 5.73 Å². The van der Waals surface area contributed by atoms with E-state index in [0.717, 1.165) is 141 Å². The third-order valence-corrected chi connectivity index (χ3v) is 12.2. The van der Waals surface area contributed by atoms with Crippen LogP contribution < -0.4 is 5.73 Å². The Morgan fingerprint density at radius 1 is 0.481 bits per heavy atom. The molecule has 0 saturated carbocycles. The molecule has 1 aliphatic heterocycles. The van der Waals surface area contributed by atoms with Crippen LogP contribution in [0.15, 0.2) is 24.3 Å². The van der Waals surface area contributed by atoms with Crippen molar-refractivity contribution in [3.05, 3.63) is 79.9 Å². The maximum atomic E-state index is 13.7. The lowest BCUT2D eigenvalue weighted by atomic mass is 9.81. The quantitative estimate of drug-likeness (QED) is 0.0796. The lowest BCUT2D eigenvalue weighted by molar-refractivity contribution is 0.0691. The Hall–Kier alpha value is -4.42. The number of ketones is 2. The van der Waals surface area contributed by atoms with Gasteiger partial charge >= 0.3 is 0 Å². The minimum absolute atomic E-state index is 0.192. The van der Waals surface area contributed by atoms with Gasteiger partial charge in [-0.2, -0.15) is 0 Å². The number of amides is 2. The van der Waals surface area contributed by atoms with Crippen molar-refractivity contribution in [2.24, 2.45) is 5.73 Å². The van der Waals surface area contributed by atoms with Gasteiger partial charge in [0.1, 0.15) is 6.04 Å². The van der Waals surface area contributed by atoms with E-state index < -0.39 is 6.04 Å². The molecule has 52 heavy (non-hydrogen) atoms. The van der Waals surface area contributed by atoms with Crippen LogP contribution >= 0.6 is 0 Å². The Kier molecular flexibility index (Phi) is 9.58. The molecule has 270 valence electrons. The van der Waals surface area contributed by atoms with Gasteiger partial charge in [0, 0.05) is 18.2 Å². The molecule has 6 nitrogen and oxygen atoms in total. The van der Waals surface area contributed by atoms with Crippen LogP contribution in [0.1, 0.15) is 154 Å². The molecule has 0 unspecified atom stereocenters. The Labute approximate surface area is 307 Å². The monoisotopic (exact) mass is 696 g/mol. The van der Waals surface area contributed by atoms with E-state index in [0.29, 0.717) is 35.1 Å². The first-order chi connectivity index (χ1) is 25.0.